The van der Waals surface area contributed by atoms with E-state index in [1.165, 1.54) is 5.56 Å². The summed E-state index contributed by atoms with van der Waals surface area (Å²) >= 11 is 0. The molecule has 0 aliphatic carbocycles. The molecule has 0 heterocycles. The summed E-state index contributed by atoms with van der Waals surface area (Å²) in [5.74, 6) is 6.18. The van der Waals surface area contributed by atoms with E-state index >= 15 is 0 Å². The number of aliphatic hydroxyl groups is 1. The average Bonchev–Trinajstić information content (AvgIpc) is 2.35. The maximum absolute atomic E-state index is 8.65. The Morgan fingerprint density at radius 1 is 1.18 bits per heavy atom. The quantitative estimate of drug-likeness (QED) is 0.620. The minimum atomic E-state index is 0.221. The molecule has 1 N–H and O–H groups in total. The first-order valence-corrected chi connectivity index (χ1v) is 6.30. The van der Waals surface area contributed by atoms with Gasteiger partial charge < -0.3 is 5.11 Å². The van der Waals surface area contributed by atoms with Crippen molar-refractivity contribution in [2.24, 2.45) is 0 Å². The third-order valence-corrected chi connectivity index (χ3v) is 3.24. The second kappa shape index (κ2) is 6.47. The van der Waals surface area contributed by atoms with Crippen LogP contribution in [0, 0.1) is 11.8 Å². The van der Waals surface area contributed by atoms with E-state index in [2.05, 4.69) is 56.9 Å². The molecule has 0 aliphatic heterocycles. The van der Waals surface area contributed by atoms with Gasteiger partial charge in [0.1, 0.15) is 0 Å². The zero-order valence-electron chi connectivity index (χ0n) is 11.1. The monoisotopic (exact) mass is 230 g/mol. The largest absolute Gasteiger partial charge is 0.396 e. The van der Waals surface area contributed by atoms with E-state index < -0.39 is 0 Å². The first kappa shape index (κ1) is 13.8. The van der Waals surface area contributed by atoms with Crippen LogP contribution < -0.4 is 0 Å². The van der Waals surface area contributed by atoms with Crippen molar-refractivity contribution in [2.45, 2.75) is 45.4 Å². The van der Waals surface area contributed by atoms with Gasteiger partial charge in [-0.05, 0) is 36.0 Å². The molecule has 0 amide bonds. The minimum absolute atomic E-state index is 0.221. The lowest BCUT2D eigenvalue weighted by atomic mass is 9.82. The van der Waals surface area contributed by atoms with Crippen LogP contribution in [0.2, 0.25) is 0 Å². The molecule has 0 saturated carbocycles. The van der Waals surface area contributed by atoms with Gasteiger partial charge in [0.15, 0.2) is 0 Å². The van der Waals surface area contributed by atoms with Gasteiger partial charge in [-0.15, -0.1) is 0 Å². The third-order valence-electron chi connectivity index (χ3n) is 3.24. The fourth-order valence-electron chi connectivity index (χ4n) is 1.54. The highest BCUT2D eigenvalue weighted by atomic mass is 16.2. The molecular formula is C16H22O. The Kier molecular flexibility index (Phi) is 5.25. The first-order chi connectivity index (χ1) is 8.10. The maximum Gasteiger partial charge on any atom is 0.0440 e. The summed E-state index contributed by atoms with van der Waals surface area (Å²) in [6.45, 7) is 6.95. The van der Waals surface area contributed by atoms with Gasteiger partial charge in [-0.1, -0.05) is 44.7 Å². The van der Waals surface area contributed by atoms with Gasteiger partial charge in [0.05, 0.1) is 0 Å². The van der Waals surface area contributed by atoms with Crippen LogP contribution in [0.1, 0.15) is 51.2 Å². The second-order valence-corrected chi connectivity index (χ2v) is 4.94. The maximum atomic E-state index is 8.65. The topological polar surface area (TPSA) is 20.2 Å². The summed E-state index contributed by atoms with van der Waals surface area (Å²) in [6.07, 6.45) is 2.65. The molecule has 0 bridgehead atoms. The molecular weight excluding hydrogens is 208 g/mol. The molecule has 0 radical (unpaired) electrons. The highest BCUT2D eigenvalue weighted by Gasteiger charge is 2.16. The van der Waals surface area contributed by atoms with Gasteiger partial charge in [0.25, 0.3) is 0 Å². The smallest absolute Gasteiger partial charge is 0.0440 e. The van der Waals surface area contributed by atoms with E-state index in [1.807, 2.05) is 0 Å². The molecule has 1 aromatic carbocycles. The SMILES string of the molecule is CCC(C)(C)c1ccc(C#CCCCO)cc1. The number of benzene rings is 1. The molecule has 1 aromatic rings. The fraction of sp³-hybridized carbons (Fsp3) is 0.500. The van der Waals surface area contributed by atoms with E-state index in [0.717, 1.165) is 24.8 Å². The van der Waals surface area contributed by atoms with Crippen molar-refractivity contribution in [2.75, 3.05) is 6.61 Å². The number of hydrogen-bond acceptors (Lipinski definition) is 1. The van der Waals surface area contributed by atoms with Crippen LogP contribution in [0.15, 0.2) is 24.3 Å². The lowest BCUT2D eigenvalue weighted by Crippen LogP contribution is -2.14. The standard InChI is InChI=1S/C16H22O/c1-4-16(2,3)15-11-9-14(10-12-15)8-6-5-7-13-17/h9-12,17H,4-5,7,13H2,1-3H3. The normalized spacial score (nSPS) is 10.8. The molecule has 0 aromatic heterocycles. The molecule has 92 valence electrons. The van der Waals surface area contributed by atoms with Crippen molar-refractivity contribution in [3.05, 3.63) is 35.4 Å². The molecule has 0 atom stereocenters. The van der Waals surface area contributed by atoms with Crippen molar-refractivity contribution < 1.29 is 5.11 Å². The lowest BCUT2D eigenvalue weighted by Gasteiger charge is -2.23. The van der Waals surface area contributed by atoms with Gasteiger partial charge in [-0.25, -0.2) is 0 Å². The van der Waals surface area contributed by atoms with Crippen LogP contribution in [0.25, 0.3) is 0 Å². The number of rotatable bonds is 4. The van der Waals surface area contributed by atoms with Crippen molar-refractivity contribution in [3.8, 4) is 11.8 Å². The molecule has 0 spiro atoms. The molecule has 17 heavy (non-hydrogen) atoms. The highest BCUT2D eigenvalue weighted by molar-refractivity contribution is 5.38. The number of hydrogen-bond donors (Lipinski definition) is 1. The summed E-state index contributed by atoms with van der Waals surface area (Å²) in [5.41, 5.74) is 2.66. The van der Waals surface area contributed by atoms with E-state index in [9.17, 15) is 0 Å². The molecule has 1 heteroatoms. The van der Waals surface area contributed by atoms with Crippen LogP contribution in [0.4, 0.5) is 0 Å². The highest BCUT2D eigenvalue weighted by Crippen LogP contribution is 2.26. The Bertz CT molecular complexity index is 390. The summed E-state index contributed by atoms with van der Waals surface area (Å²) in [4.78, 5) is 0. The fourth-order valence-corrected chi connectivity index (χ4v) is 1.54. The summed E-state index contributed by atoms with van der Waals surface area (Å²) in [5, 5.41) is 8.65. The Hall–Kier alpha value is -1.26. The first-order valence-electron chi connectivity index (χ1n) is 6.30. The Labute approximate surface area is 105 Å². The van der Waals surface area contributed by atoms with Crippen LogP contribution >= 0.6 is 0 Å². The minimum Gasteiger partial charge on any atom is -0.396 e. The predicted molar refractivity (Wildman–Crippen MR) is 73.0 cm³/mol. The van der Waals surface area contributed by atoms with Crippen LogP contribution in [0.3, 0.4) is 0 Å². The molecule has 0 fully saturated rings. The lowest BCUT2D eigenvalue weighted by molar-refractivity contribution is 0.290. The summed E-state index contributed by atoms with van der Waals surface area (Å²) < 4.78 is 0. The predicted octanol–water partition coefficient (Wildman–Crippen LogP) is 3.50. The van der Waals surface area contributed by atoms with Crippen molar-refractivity contribution in [3.63, 3.8) is 0 Å². The number of unbranched alkanes of at least 4 members (excludes halogenated alkanes) is 1. The van der Waals surface area contributed by atoms with Crippen molar-refractivity contribution >= 4 is 0 Å². The van der Waals surface area contributed by atoms with Gasteiger partial charge in [-0.2, -0.15) is 0 Å². The zero-order chi connectivity index (χ0) is 12.7. The molecule has 1 rings (SSSR count). The van der Waals surface area contributed by atoms with Crippen LogP contribution in [-0.2, 0) is 5.41 Å². The Balaban J connectivity index is 2.70. The van der Waals surface area contributed by atoms with Gasteiger partial charge >= 0.3 is 0 Å². The second-order valence-electron chi connectivity index (χ2n) is 4.94. The summed E-state index contributed by atoms with van der Waals surface area (Å²) in [6, 6.07) is 8.50. The average molecular weight is 230 g/mol. The van der Waals surface area contributed by atoms with E-state index in [-0.39, 0.29) is 12.0 Å². The molecule has 0 saturated heterocycles. The zero-order valence-corrected chi connectivity index (χ0v) is 11.1. The molecule has 0 unspecified atom stereocenters. The van der Waals surface area contributed by atoms with E-state index in [0.29, 0.717) is 0 Å². The van der Waals surface area contributed by atoms with Crippen LogP contribution in [0.5, 0.6) is 0 Å². The Morgan fingerprint density at radius 2 is 1.82 bits per heavy atom. The van der Waals surface area contributed by atoms with E-state index in [1.54, 1.807) is 0 Å². The van der Waals surface area contributed by atoms with Gasteiger partial charge in [0.2, 0.25) is 0 Å². The summed E-state index contributed by atoms with van der Waals surface area (Å²) in [7, 11) is 0. The Morgan fingerprint density at radius 3 is 2.35 bits per heavy atom. The van der Waals surface area contributed by atoms with Crippen LogP contribution in [-0.4, -0.2) is 11.7 Å². The van der Waals surface area contributed by atoms with E-state index in [4.69, 9.17) is 5.11 Å². The van der Waals surface area contributed by atoms with Crippen molar-refractivity contribution in [1.82, 2.24) is 0 Å². The molecule has 1 nitrogen and oxygen atoms in total. The van der Waals surface area contributed by atoms with Gasteiger partial charge in [-0.3, -0.25) is 0 Å². The number of aliphatic hydroxyl groups excluding tert-OH is 1. The third kappa shape index (κ3) is 4.24. The van der Waals surface area contributed by atoms with Crippen molar-refractivity contribution in [1.29, 1.82) is 0 Å². The van der Waals surface area contributed by atoms with Gasteiger partial charge in [0, 0.05) is 18.6 Å². The molecule has 0 aliphatic rings.